The number of hydrogen-bond donors (Lipinski definition) is 1. The minimum atomic E-state index is -3.99. The lowest BCUT2D eigenvalue weighted by Crippen LogP contribution is -2.17. The zero-order valence-corrected chi connectivity index (χ0v) is 16.7. The predicted octanol–water partition coefficient (Wildman–Crippen LogP) is 4.10. The Bertz CT molecular complexity index is 1250. The smallest absolute Gasteiger partial charge is 0.339 e. The predicted molar refractivity (Wildman–Crippen MR) is 115 cm³/mol. The van der Waals surface area contributed by atoms with E-state index < -0.39 is 10.1 Å². The van der Waals surface area contributed by atoms with E-state index in [9.17, 15) is 13.2 Å². The highest BCUT2D eigenvalue weighted by atomic mass is 32.2. The van der Waals surface area contributed by atoms with Crippen molar-refractivity contribution < 1.29 is 17.4 Å². The van der Waals surface area contributed by atoms with Crippen molar-refractivity contribution in [2.75, 3.05) is 0 Å². The van der Waals surface area contributed by atoms with Gasteiger partial charge in [-0.25, -0.2) is 0 Å². The van der Waals surface area contributed by atoms with Gasteiger partial charge in [-0.3, -0.25) is 4.79 Å². The summed E-state index contributed by atoms with van der Waals surface area (Å²) in [6, 6.07) is 18.8. The van der Waals surface area contributed by atoms with Gasteiger partial charge in [-0.05, 0) is 46.7 Å². The van der Waals surface area contributed by atoms with Crippen LogP contribution in [0.5, 0.6) is 5.75 Å². The monoisotopic (exact) mass is 427 g/mol. The number of benzene rings is 3. The topological polar surface area (TPSA) is 72.5 Å². The largest absolute Gasteiger partial charge is 0.379 e. The third kappa shape index (κ3) is 3.94. The van der Waals surface area contributed by atoms with Crippen LogP contribution in [0.1, 0.15) is 5.56 Å². The Kier molecular flexibility index (Phi) is 4.92. The molecule has 0 aromatic heterocycles. The van der Waals surface area contributed by atoms with Crippen molar-refractivity contribution in [2.45, 2.75) is 4.90 Å². The third-order valence-electron chi connectivity index (χ3n) is 4.01. The number of amides is 1. The lowest BCUT2D eigenvalue weighted by molar-refractivity contribution is -0.115. The molecule has 0 atom stereocenters. The van der Waals surface area contributed by atoms with Gasteiger partial charge in [0.2, 0.25) is 0 Å². The number of thiocarbonyl (C=S) groups is 1. The molecule has 1 aliphatic rings. The van der Waals surface area contributed by atoms with E-state index in [2.05, 4.69) is 5.32 Å². The van der Waals surface area contributed by atoms with Crippen molar-refractivity contribution in [1.29, 1.82) is 0 Å². The number of rotatable bonds is 4. The maximum atomic E-state index is 12.7. The summed E-state index contributed by atoms with van der Waals surface area (Å²) in [7, 11) is -3.99. The summed E-state index contributed by atoms with van der Waals surface area (Å²) in [6.07, 6.45) is 1.63. The molecule has 5 nitrogen and oxygen atoms in total. The molecule has 0 radical (unpaired) electrons. The van der Waals surface area contributed by atoms with Gasteiger partial charge < -0.3 is 9.50 Å². The maximum absolute atomic E-state index is 12.7. The fourth-order valence-corrected chi connectivity index (χ4v) is 4.73. The lowest BCUT2D eigenvalue weighted by Gasteiger charge is -2.08. The van der Waals surface area contributed by atoms with Gasteiger partial charge in [0.1, 0.15) is 15.0 Å². The average Bonchev–Trinajstić information content (AvgIpc) is 2.98. The third-order valence-corrected chi connectivity index (χ3v) is 6.42. The van der Waals surface area contributed by atoms with Crippen LogP contribution in [0.3, 0.4) is 0 Å². The van der Waals surface area contributed by atoms with Crippen LogP contribution in [0.15, 0.2) is 76.5 Å². The molecule has 3 aromatic rings. The first-order valence-corrected chi connectivity index (χ1v) is 10.8. The van der Waals surface area contributed by atoms with Crippen molar-refractivity contribution in [3.05, 3.63) is 77.2 Å². The standard InChI is InChI=1S/C20H13NO4S3/c22-19-18(27-20(26)21-19)11-13-4-3-7-16(10-13)25-28(23,24)17-9-8-14-5-1-2-6-15(14)12-17/h1-12H,(H,21,22,26). The van der Waals surface area contributed by atoms with Crippen LogP contribution in [0.25, 0.3) is 16.8 Å². The Morgan fingerprint density at radius 3 is 2.50 bits per heavy atom. The minimum Gasteiger partial charge on any atom is -0.379 e. The van der Waals surface area contributed by atoms with Crippen molar-refractivity contribution in [1.82, 2.24) is 5.32 Å². The molecule has 0 saturated carbocycles. The summed E-state index contributed by atoms with van der Waals surface area (Å²) >= 11 is 6.12. The zero-order valence-electron chi connectivity index (χ0n) is 14.3. The van der Waals surface area contributed by atoms with E-state index in [-0.39, 0.29) is 16.6 Å². The number of hydrogen-bond acceptors (Lipinski definition) is 6. The first-order valence-electron chi connectivity index (χ1n) is 8.19. The zero-order chi connectivity index (χ0) is 19.7. The highest BCUT2D eigenvalue weighted by molar-refractivity contribution is 8.26. The Balaban J connectivity index is 1.62. The van der Waals surface area contributed by atoms with E-state index in [0.29, 0.717) is 14.8 Å². The number of carbonyl (C=O) groups excluding carboxylic acids is 1. The quantitative estimate of drug-likeness (QED) is 0.384. The first-order chi connectivity index (χ1) is 13.4. The second-order valence-electron chi connectivity index (χ2n) is 5.97. The fourth-order valence-electron chi connectivity index (χ4n) is 2.73. The number of carbonyl (C=O) groups is 1. The molecular formula is C20H13NO4S3. The Morgan fingerprint density at radius 2 is 1.75 bits per heavy atom. The Hall–Kier alpha value is -2.68. The molecule has 1 fully saturated rings. The van der Waals surface area contributed by atoms with E-state index in [0.717, 1.165) is 22.5 Å². The van der Waals surface area contributed by atoms with Crippen LogP contribution in [-0.4, -0.2) is 18.6 Å². The van der Waals surface area contributed by atoms with E-state index in [1.54, 1.807) is 42.5 Å². The van der Waals surface area contributed by atoms with E-state index in [4.69, 9.17) is 16.4 Å². The van der Waals surface area contributed by atoms with Gasteiger partial charge in [-0.2, -0.15) is 8.42 Å². The van der Waals surface area contributed by atoms with Crippen LogP contribution in [-0.2, 0) is 14.9 Å². The van der Waals surface area contributed by atoms with Crippen molar-refractivity contribution in [3.8, 4) is 5.75 Å². The summed E-state index contributed by atoms with van der Waals surface area (Å²) in [5, 5.41) is 4.29. The molecular weight excluding hydrogens is 414 g/mol. The molecule has 0 spiro atoms. The second kappa shape index (κ2) is 7.38. The van der Waals surface area contributed by atoms with Gasteiger partial charge in [-0.15, -0.1) is 0 Å². The molecule has 0 aliphatic carbocycles. The highest BCUT2D eigenvalue weighted by Gasteiger charge is 2.22. The molecule has 1 aliphatic heterocycles. The maximum Gasteiger partial charge on any atom is 0.339 e. The molecule has 1 amide bonds. The Morgan fingerprint density at radius 1 is 0.964 bits per heavy atom. The highest BCUT2D eigenvalue weighted by Crippen LogP contribution is 2.28. The number of nitrogens with one attached hydrogen (secondary N) is 1. The van der Waals surface area contributed by atoms with Gasteiger partial charge in [0, 0.05) is 0 Å². The normalized spacial score (nSPS) is 15.8. The SMILES string of the molecule is O=C1NC(=S)SC1=Cc1cccc(OS(=O)(=O)c2ccc3ccccc3c2)c1. The lowest BCUT2D eigenvalue weighted by atomic mass is 10.1. The molecule has 140 valence electrons. The molecule has 1 heterocycles. The summed E-state index contributed by atoms with van der Waals surface area (Å²) < 4.78 is 31.0. The molecule has 28 heavy (non-hydrogen) atoms. The molecule has 3 aromatic carbocycles. The van der Waals surface area contributed by atoms with Gasteiger partial charge in [0.25, 0.3) is 5.91 Å². The van der Waals surface area contributed by atoms with Crippen molar-refractivity contribution in [3.63, 3.8) is 0 Å². The molecule has 0 bridgehead atoms. The summed E-state index contributed by atoms with van der Waals surface area (Å²) in [5.74, 6) is -0.112. The first kappa shape index (κ1) is 18.7. The van der Waals surface area contributed by atoms with Crippen LogP contribution in [0, 0.1) is 0 Å². The number of fused-ring (bicyclic) bond motifs is 1. The average molecular weight is 428 g/mol. The van der Waals surface area contributed by atoms with Crippen LogP contribution < -0.4 is 9.50 Å². The van der Waals surface area contributed by atoms with Gasteiger partial charge in [0.15, 0.2) is 0 Å². The van der Waals surface area contributed by atoms with Gasteiger partial charge >= 0.3 is 10.1 Å². The van der Waals surface area contributed by atoms with E-state index in [1.807, 2.05) is 24.3 Å². The van der Waals surface area contributed by atoms with Gasteiger partial charge in [-0.1, -0.05) is 66.4 Å². The van der Waals surface area contributed by atoms with E-state index in [1.165, 1.54) is 6.07 Å². The molecule has 8 heteroatoms. The summed E-state index contributed by atoms with van der Waals surface area (Å²) in [6.45, 7) is 0. The van der Waals surface area contributed by atoms with Crippen LogP contribution in [0.4, 0.5) is 0 Å². The minimum absolute atomic E-state index is 0.0750. The molecule has 1 saturated heterocycles. The van der Waals surface area contributed by atoms with Crippen molar-refractivity contribution in [2.24, 2.45) is 0 Å². The van der Waals surface area contributed by atoms with Crippen LogP contribution >= 0.6 is 24.0 Å². The molecule has 0 unspecified atom stereocenters. The summed E-state index contributed by atoms with van der Waals surface area (Å²) in [4.78, 5) is 12.3. The molecule has 4 rings (SSSR count). The van der Waals surface area contributed by atoms with Gasteiger partial charge in [0.05, 0.1) is 4.91 Å². The van der Waals surface area contributed by atoms with Crippen LogP contribution in [0.2, 0.25) is 0 Å². The Labute approximate surface area is 171 Å². The van der Waals surface area contributed by atoms with Crippen molar-refractivity contribution >= 4 is 61.2 Å². The number of thioether (sulfide) groups is 1. The summed E-state index contributed by atoms with van der Waals surface area (Å²) in [5.41, 5.74) is 0.633. The second-order valence-corrected chi connectivity index (χ2v) is 9.24. The molecule has 1 N–H and O–H groups in total. The van der Waals surface area contributed by atoms with E-state index >= 15 is 0 Å². The fraction of sp³-hybridized carbons (Fsp3) is 0.